The minimum atomic E-state index is -0.270. The first-order valence-electron chi connectivity index (χ1n) is 7.91. The van der Waals surface area contributed by atoms with Crippen LogP contribution in [0.3, 0.4) is 0 Å². The van der Waals surface area contributed by atoms with Gasteiger partial charge in [0.15, 0.2) is 11.5 Å². The first-order valence-corrected chi connectivity index (χ1v) is 7.91. The number of nitrogens with one attached hydrogen (secondary N) is 1. The van der Waals surface area contributed by atoms with Crippen LogP contribution in [0.1, 0.15) is 17.9 Å². The topological polar surface area (TPSA) is 71.1 Å². The summed E-state index contributed by atoms with van der Waals surface area (Å²) in [5.74, 6) is 1.54. The molecule has 1 heterocycles. The predicted molar refractivity (Wildman–Crippen MR) is 90.6 cm³/mol. The number of carbonyl (C=O) groups excluding carboxylic acids is 2. The Labute approximate surface area is 142 Å². The van der Waals surface area contributed by atoms with Gasteiger partial charge in [-0.05, 0) is 12.5 Å². The van der Waals surface area contributed by atoms with Gasteiger partial charge in [0, 0.05) is 38.7 Å². The number of amides is 3. The van der Waals surface area contributed by atoms with E-state index in [4.69, 9.17) is 9.47 Å². The minimum Gasteiger partial charge on any atom is -0.493 e. The molecule has 0 aromatic heterocycles. The molecule has 1 fully saturated rings. The molecule has 24 heavy (non-hydrogen) atoms. The molecule has 7 heteroatoms. The number of hydrogen-bond acceptors (Lipinski definition) is 4. The summed E-state index contributed by atoms with van der Waals surface area (Å²) in [6.45, 7) is 1.29. The smallest absolute Gasteiger partial charge is 0.317 e. The number of benzene rings is 1. The third-order valence-electron chi connectivity index (χ3n) is 4.21. The van der Waals surface area contributed by atoms with E-state index in [-0.39, 0.29) is 24.4 Å². The van der Waals surface area contributed by atoms with E-state index in [1.54, 1.807) is 33.2 Å². The van der Waals surface area contributed by atoms with E-state index in [1.165, 1.54) is 4.90 Å². The van der Waals surface area contributed by atoms with Crippen molar-refractivity contribution in [3.05, 3.63) is 23.8 Å². The summed E-state index contributed by atoms with van der Waals surface area (Å²) in [5, 5.41) is 2.61. The van der Waals surface area contributed by atoms with Crippen LogP contribution in [0.25, 0.3) is 0 Å². The zero-order chi connectivity index (χ0) is 17.7. The van der Waals surface area contributed by atoms with E-state index in [9.17, 15) is 9.59 Å². The molecule has 0 saturated carbocycles. The number of hydrogen-bond donors (Lipinski definition) is 1. The van der Waals surface area contributed by atoms with Crippen LogP contribution in [0.15, 0.2) is 18.2 Å². The maximum atomic E-state index is 12.3. The van der Waals surface area contributed by atoms with Gasteiger partial charge in [0.1, 0.15) is 0 Å². The zero-order valence-electron chi connectivity index (χ0n) is 14.7. The quantitative estimate of drug-likeness (QED) is 0.880. The van der Waals surface area contributed by atoms with Crippen molar-refractivity contribution < 1.29 is 19.1 Å². The van der Waals surface area contributed by atoms with Crippen molar-refractivity contribution in [1.82, 2.24) is 15.1 Å². The van der Waals surface area contributed by atoms with E-state index in [2.05, 4.69) is 5.32 Å². The predicted octanol–water partition coefficient (Wildman–Crippen LogP) is 1.29. The molecular formula is C17H25N3O4. The molecule has 1 N–H and O–H groups in total. The Kier molecular flexibility index (Phi) is 5.89. The second-order valence-electron chi connectivity index (χ2n) is 5.96. The fourth-order valence-electron chi connectivity index (χ4n) is 2.90. The number of urea groups is 1. The molecular weight excluding hydrogens is 310 g/mol. The fourth-order valence-corrected chi connectivity index (χ4v) is 2.90. The van der Waals surface area contributed by atoms with Gasteiger partial charge in [-0.15, -0.1) is 0 Å². The molecule has 0 unspecified atom stereocenters. The van der Waals surface area contributed by atoms with Gasteiger partial charge in [0.2, 0.25) is 5.91 Å². The SMILES string of the molecule is COc1cccc([C@H]2CCN(C(=O)CNC(=O)N(C)C)C2)c1OC. The van der Waals surface area contributed by atoms with E-state index in [0.29, 0.717) is 18.8 Å². The fraction of sp³-hybridized carbons (Fsp3) is 0.529. The van der Waals surface area contributed by atoms with Gasteiger partial charge < -0.3 is 24.6 Å². The number of methoxy groups -OCH3 is 2. The van der Waals surface area contributed by atoms with Crippen LogP contribution in [-0.2, 0) is 4.79 Å². The lowest BCUT2D eigenvalue weighted by Gasteiger charge is -2.19. The summed E-state index contributed by atoms with van der Waals surface area (Å²) in [7, 11) is 6.51. The van der Waals surface area contributed by atoms with Crippen LogP contribution in [0.2, 0.25) is 0 Å². The number of ether oxygens (including phenoxy) is 2. The molecule has 3 amide bonds. The highest BCUT2D eigenvalue weighted by molar-refractivity contribution is 5.84. The molecule has 0 radical (unpaired) electrons. The lowest BCUT2D eigenvalue weighted by atomic mass is 9.97. The van der Waals surface area contributed by atoms with Crippen molar-refractivity contribution in [1.29, 1.82) is 0 Å². The minimum absolute atomic E-state index is 0.0129. The monoisotopic (exact) mass is 335 g/mol. The number of para-hydroxylation sites is 1. The van der Waals surface area contributed by atoms with Crippen LogP contribution in [0.4, 0.5) is 4.79 Å². The Morgan fingerprint density at radius 3 is 2.67 bits per heavy atom. The molecule has 1 saturated heterocycles. The van der Waals surface area contributed by atoms with Crippen molar-refractivity contribution in [2.75, 3.05) is 47.9 Å². The summed E-state index contributed by atoms with van der Waals surface area (Å²) in [6, 6.07) is 5.53. The van der Waals surface area contributed by atoms with Crippen molar-refractivity contribution in [2.24, 2.45) is 0 Å². The van der Waals surface area contributed by atoms with Gasteiger partial charge in [-0.25, -0.2) is 4.79 Å². The Hall–Kier alpha value is -2.44. The highest BCUT2D eigenvalue weighted by Crippen LogP contribution is 2.39. The second-order valence-corrected chi connectivity index (χ2v) is 5.96. The largest absolute Gasteiger partial charge is 0.493 e. The summed E-state index contributed by atoms with van der Waals surface area (Å²) >= 11 is 0. The summed E-state index contributed by atoms with van der Waals surface area (Å²) in [5.41, 5.74) is 1.05. The number of nitrogens with zero attached hydrogens (tertiary/aromatic N) is 2. The van der Waals surface area contributed by atoms with E-state index in [0.717, 1.165) is 17.7 Å². The molecule has 0 bridgehead atoms. The lowest BCUT2D eigenvalue weighted by Crippen LogP contribution is -2.42. The summed E-state index contributed by atoms with van der Waals surface area (Å²) in [4.78, 5) is 27.0. The van der Waals surface area contributed by atoms with Crippen molar-refractivity contribution in [3.63, 3.8) is 0 Å². The van der Waals surface area contributed by atoms with Gasteiger partial charge >= 0.3 is 6.03 Å². The third kappa shape index (κ3) is 3.90. The van der Waals surface area contributed by atoms with E-state index in [1.807, 2.05) is 18.2 Å². The van der Waals surface area contributed by atoms with Crippen molar-refractivity contribution in [3.8, 4) is 11.5 Å². The maximum Gasteiger partial charge on any atom is 0.317 e. The van der Waals surface area contributed by atoms with Crippen LogP contribution in [0, 0.1) is 0 Å². The zero-order valence-corrected chi connectivity index (χ0v) is 14.7. The van der Waals surface area contributed by atoms with Crippen LogP contribution >= 0.6 is 0 Å². The molecule has 1 aliphatic rings. The summed E-state index contributed by atoms with van der Waals surface area (Å²) < 4.78 is 10.8. The average molecular weight is 335 g/mol. The molecule has 0 aliphatic carbocycles. The number of carbonyl (C=O) groups is 2. The molecule has 7 nitrogen and oxygen atoms in total. The molecule has 1 aromatic carbocycles. The first-order chi connectivity index (χ1) is 11.5. The van der Waals surface area contributed by atoms with Gasteiger partial charge in [-0.3, -0.25) is 4.79 Å². The second kappa shape index (κ2) is 7.90. The first kappa shape index (κ1) is 17.9. The Bertz CT molecular complexity index is 603. The molecule has 1 aliphatic heterocycles. The van der Waals surface area contributed by atoms with Crippen LogP contribution < -0.4 is 14.8 Å². The normalized spacial score (nSPS) is 16.7. The lowest BCUT2D eigenvalue weighted by molar-refractivity contribution is -0.129. The molecule has 1 aromatic rings. The Morgan fingerprint density at radius 1 is 1.29 bits per heavy atom. The van der Waals surface area contributed by atoms with Gasteiger partial charge in [-0.1, -0.05) is 12.1 Å². The summed E-state index contributed by atoms with van der Waals surface area (Å²) in [6.07, 6.45) is 0.858. The van der Waals surface area contributed by atoms with Crippen LogP contribution in [-0.4, -0.2) is 69.7 Å². The average Bonchev–Trinajstić information content (AvgIpc) is 3.08. The molecule has 132 valence electrons. The molecule has 2 rings (SSSR count). The van der Waals surface area contributed by atoms with E-state index < -0.39 is 0 Å². The number of rotatable bonds is 5. The van der Waals surface area contributed by atoms with Crippen molar-refractivity contribution >= 4 is 11.9 Å². The maximum absolute atomic E-state index is 12.3. The Morgan fingerprint density at radius 2 is 2.04 bits per heavy atom. The Balaban J connectivity index is 2.00. The van der Waals surface area contributed by atoms with Gasteiger partial charge in [-0.2, -0.15) is 0 Å². The third-order valence-corrected chi connectivity index (χ3v) is 4.21. The molecule has 1 atom stereocenters. The number of likely N-dealkylation sites (tertiary alicyclic amines) is 1. The highest BCUT2D eigenvalue weighted by Gasteiger charge is 2.30. The van der Waals surface area contributed by atoms with Crippen LogP contribution in [0.5, 0.6) is 11.5 Å². The highest BCUT2D eigenvalue weighted by atomic mass is 16.5. The standard InChI is InChI=1S/C17H25N3O4/c1-19(2)17(22)18-10-15(21)20-9-8-12(11-20)13-6-5-7-14(23-3)16(13)24-4/h5-7,12H,8-11H2,1-4H3,(H,18,22)/t12-/m0/s1. The van der Waals surface area contributed by atoms with E-state index >= 15 is 0 Å². The molecule has 0 spiro atoms. The van der Waals surface area contributed by atoms with Gasteiger partial charge in [0.25, 0.3) is 0 Å². The van der Waals surface area contributed by atoms with Gasteiger partial charge in [0.05, 0.1) is 20.8 Å². The van der Waals surface area contributed by atoms with Crippen molar-refractivity contribution in [2.45, 2.75) is 12.3 Å².